The topological polar surface area (TPSA) is 114 Å². The molecule has 3 atom stereocenters. The van der Waals surface area contributed by atoms with Crippen molar-refractivity contribution in [3.05, 3.63) is 35.9 Å². The van der Waals surface area contributed by atoms with Crippen molar-refractivity contribution in [1.82, 2.24) is 16.0 Å². The van der Waals surface area contributed by atoms with Gasteiger partial charge in [0.1, 0.15) is 12.1 Å². The quantitative estimate of drug-likeness (QED) is 0.295. The van der Waals surface area contributed by atoms with E-state index in [1.807, 2.05) is 64.3 Å². The SMILES string of the molecule is CSCC[C@H](NC(=O)OCC(C)C)C(=O)N[C@@H](CC(C)C)C(=O)N[C@@H](Cc1ccccc1)C(=O)C(C)C. The maximum absolute atomic E-state index is 13.4. The lowest BCUT2D eigenvalue weighted by Gasteiger charge is -2.27. The molecule has 208 valence electrons. The van der Waals surface area contributed by atoms with Gasteiger partial charge in [0.15, 0.2) is 5.78 Å². The number of hydrogen-bond donors (Lipinski definition) is 3. The number of carbonyl (C=O) groups is 4. The highest BCUT2D eigenvalue weighted by atomic mass is 32.2. The number of alkyl carbamates (subject to hydrolysis) is 1. The van der Waals surface area contributed by atoms with Crippen LogP contribution in [-0.2, 0) is 25.5 Å². The first kappa shape index (κ1) is 32.5. The summed E-state index contributed by atoms with van der Waals surface area (Å²) in [5.74, 6) is -0.276. The average molecular weight is 536 g/mol. The first-order valence-electron chi connectivity index (χ1n) is 13.0. The van der Waals surface area contributed by atoms with E-state index in [9.17, 15) is 19.2 Å². The highest BCUT2D eigenvalue weighted by molar-refractivity contribution is 7.98. The van der Waals surface area contributed by atoms with Crippen LogP contribution >= 0.6 is 11.8 Å². The number of amides is 3. The smallest absolute Gasteiger partial charge is 0.407 e. The van der Waals surface area contributed by atoms with Crippen molar-refractivity contribution in [2.45, 2.75) is 78.9 Å². The van der Waals surface area contributed by atoms with Gasteiger partial charge in [0, 0.05) is 5.92 Å². The Morgan fingerprint density at radius 2 is 1.41 bits per heavy atom. The highest BCUT2D eigenvalue weighted by Crippen LogP contribution is 2.12. The van der Waals surface area contributed by atoms with Crippen molar-refractivity contribution in [3.63, 3.8) is 0 Å². The molecule has 0 bridgehead atoms. The first-order chi connectivity index (χ1) is 17.4. The third-order valence-electron chi connectivity index (χ3n) is 5.62. The van der Waals surface area contributed by atoms with Gasteiger partial charge in [-0.15, -0.1) is 0 Å². The average Bonchev–Trinajstić information content (AvgIpc) is 2.84. The number of benzene rings is 1. The zero-order valence-corrected chi connectivity index (χ0v) is 24.2. The lowest BCUT2D eigenvalue weighted by atomic mass is 9.94. The molecule has 3 N–H and O–H groups in total. The van der Waals surface area contributed by atoms with E-state index in [2.05, 4.69) is 16.0 Å². The monoisotopic (exact) mass is 535 g/mol. The fourth-order valence-corrected chi connectivity index (χ4v) is 4.12. The number of thioether (sulfide) groups is 1. The largest absolute Gasteiger partial charge is 0.449 e. The molecule has 0 unspecified atom stereocenters. The summed E-state index contributed by atoms with van der Waals surface area (Å²) in [5, 5.41) is 8.36. The van der Waals surface area contributed by atoms with E-state index in [0.29, 0.717) is 25.0 Å². The van der Waals surface area contributed by atoms with Crippen molar-refractivity contribution < 1.29 is 23.9 Å². The van der Waals surface area contributed by atoms with Gasteiger partial charge < -0.3 is 20.7 Å². The van der Waals surface area contributed by atoms with E-state index in [4.69, 9.17) is 4.74 Å². The second kappa shape index (κ2) is 17.1. The van der Waals surface area contributed by atoms with Crippen LogP contribution in [0.25, 0.3) is 0 Å². The molecule has 9 heteroatoms. The standard InChI is InChI=1S/C28H45N3O5S/c1-18(2)15-24(30-26(33)22(13-14-37-7)31-28(35)36-17-19(3)4)27(34)29-23(25(32)20(5)6)16-21-11-9-8-10-12-21/h8-12,18-20,22-24H,13-17H2,1-7H3,(H,29,34)(H,30,33)(H,31,35)/t22-,23-,24-/m0/s1. The molecular formula is C28H45N3O5S. The number of Topliss-reactive ketones (excluding diaryl/α,β-unsaturated/α-hetero) is 1. The zero-order chi connectivity index (χ0) is 28.0. The van der Waals surface area contributed by atoms with Crippen LogP contribution in [0.1, 0.15) is 59.9 Å². The Balaban J connectivity index is 3.02. The summed E-state index contributed by atoms with van der Waals surface area (Å²) in [4.78, 5) is 51.8. The Bertz CT molecular complexity index is 861. The fraction of sp³-hybridized carbons (Fsp3) is 0.643. The van der Waals surface area contributed by atoms with Gasteiger partial charge in [0.25, 0.3) is 0 Å². The summed E-state index contributed by atoms with van der Waals surface area (Å²) in [7, 11) is 0. The maximum atomic E-state index is 13.4. The van der Waals surface area contributed by atoms with Gasteiger partial charge in [-0.05, 0) is 48.7 Å². The molecule has 0 fully saturated rings. The molecular weight excluding hydrogens is 490 g/mol. The van der Waals surface area contributed by atoms with Crippen LogP contribution in [0.2, 0.25) is 0 Å². The minimum atomic E-state index is -0.851. The van der Waals surface area contributed by atoms with Crippen LogP contribution in [0, 0.1) is 17.8 Å². The van der Waals surface area contributed by atoms with Crippen LogP contribution in [-0.4, -0.2) is 60.4 Å². The van der Waals surface area contributed by atoms with E-state index < -0.39 is 36.0 Å². The number of hydrogen-bond acceptors (Lipinski definition) is 6. The molecule has 8 nitrogen and oxygen atoms in total. The number of carbonyl (C=O) groups excluding carboxylic acids is 4. The molecule has 0 aliphatic rings. The Labute approximate surface area is 226 Å². The molecule has 3 amide bonds. The number of nitrogens with one attached hydrogen (secondary N) is 3. The summed E-state index contributed by atoms with van der Waals surface area (Å²) in [6, 6.07) is 7.12. The molecule has 1 rings (SSSR count). The van der Waals surface area contributed by atoms with Crippen LogP contribution < -0.4 is 16.0 Å². The highest BCUT2D eigenvalue weighted by Gasteiger charge is 2.31. The van der Waals surface area contributed by atoms with Gasteiger partial charge >= 0.3 is 6.09 Å². The van der Waals surface area contributed by atoms with Gasteiger partial charge in [0.05, 0.1) is 12.6 Å². The lowest BCUT2D eigenvalue weighted by molar-refractivity contribution is -0.133. The minimum Gasteiger partial charge on any atom is -0.449 e. The molecule has 0 radical (unpaired) electrons. The molecule has 0 aliphatic heterocycles. The van der Waals surface area contributed by atoms with Crippen LogP contribution in [0.4, 0.5) is 4.79 Å². The predicted molar refractivity (Wildman–Crippen MR) is 149 cm³/mol. The second-order valence-electron chi connectivity index (χ2n) is 10.5. The van der Waals surface area contributed by atoms with Gasteiger partial charge in [-0.25, -0.2) is 4.79 Å². The Kier molecular flexibility index (Phi) is 15.0. The molecule has 0 spiro atoms. The molecule has 0 saturated carbocycles. The Hall–Kier alpha value is -2.55. The number of ketones is 1. The van der Waals surface area contributed by atoms with Crippen molar-refractivity contribution in [2.24, 2.45) is 17.8 Å². The fourth-order valence-electron chi connectivity index (χ4n) is 3.65. The second-order valence-corrected chi connectivity index (χ2v) is 11.5. The van der Waals surface area contributed by atoms with E-state index in [-0.39, 0.29) is 30.1 Å². The third kappa shape index (κ3) is 13.0. The maximum Gasteiger partial charge on any atom is 0.407 e. The summed E-state index contributed by atoms with van der Waals surface area (Å²) in [6.07, 6.45) is 2.40. The van der Waals surface area contributed by atoms with E-state index in [0.717, 1.165) is 5.56 Å². The third-order valence-corrected chi connectivity index (χ3v) is 6.26. The molecule has 0 heterocycles. The van der Waals surface area contributed by atoms with Gasteiger partial charge in [-0.2, -0.15) is 11.8 Å². The summed E-state index contributed by atoms with van der Waals surface area (Å²) >= 11 is 1.55. The van der Waals surface area contributed by atoms with Gasteiger partial charge in [0.2, 0.25) is 11.8 Å². The number of rotatable bonds is 16. The van der Waals surface area contributed by atoms with Crippen molar-refractivity contribution in [1.29, 1.82) is 0 Å². The van der Waals surface area contributed by atoms with Crippen molar-refractivity contribution in [3.8, 4) is 0 Å². The van der Waals surface area contributed by atoms with Gasteiger partial charge in [-0.1, -0.05) is 71.9 Å². The molecule has 0 saturated heterocycles. The van der Waals surface area contributed by atoms with Gasteiger partial charge in [-0.3, -0.25) is 14.4 Å². The first-order valence-corrected chi connectivity index (χ1v) is 14.4. The van der Waals surface area contributed by atoms with Crippen LogP contribution in [0.15, 0.2) is 30.3 Å². The van der Waals surface area contributed by atoms with E-state index >= 15 is 0 Å². The normalized spacial score (nSPS) is 13.7. The Morgan fingerprint density at radius 3 is 1.95 bits per heavy atom. The minimum absolute atomic E-state index is 0.0701. The van der Waals surface area contributed by atoms with Crippen LogP contribution in [0.3, 0.4) is 0 Å². The summed E-state index contributed by atoms with van der Waals surface area (Å²) < 4.78 is 5.19. The Morgan fingerprint density at radius 1 is 0.811 bits per heavy atom. The number of ether oxygens (including phenoxy) is 1. The van der Waals surface area contributed by atoms with Crippen molar-refractivity contribution >= 4 is 35.5 Å². The molecule has 1 aromatic rings. The van der Waals surface area contributed by atoms with E-state index in [1.54, 1.807) is 25.6 Å². The molecule has 0 aliphatic carbocycles. The molecule has 1 aromatic carbocycles. The summed E-state index contributed by atoms with van der Waals surface area (Å²) in [6.45, 7) is 11.6. The van der Waals surface area contributed by atoms with E-state index in [1.165, 1.54) is 0 Å². The summed E-state index contributed by atoms with van der Waals surface area (Å²) in [5.41, 5.74) is 0.937. The molecule has 0 aromatic heterocycles. The van der Waals surface area contributed by atoms with Crippen LogP contribution in [0.5, 0.6) is 0 Å². The van der Waals surface area contributed by atoms with Crippen molar-refractivity contribution in [2.75, 3.05) is 18.6 Å². The lowest BCUT2D eigenvalue weighted by Crippen LogP contribution is -2.56. The molecule has 37 heavy (non-hydrogen) atoms. The zero-order valence-electron chi connectivity index (χ0n) is 23.3. The predicted octanol–water partition coefficient (Wildman–Crippen LogP) is 3.97.